The minimum absolute atomic E-state index is 0.161. The minimum atomic E-state index is -3.68. The number of hydrogen-bond acceptors (Lipinski definition) is 3. The van der Waals surface area contributed by atoms with E-state index < -0.39 is 10.0 Å². The van der Waals surface area contributed by atoms with Crippen molar-refractivity contribution in [3.63, 3.8) is 0 Å². The van der Waals surface area contributed by atoms with Crippen LogP contribution in [0.4, 0.5) is 5.69 Å². The topological polar surface area (TPSA) is 55.4 Å². The summed E-state index contributed by atoms with van der Waals surface area (Å²) >= 11 is 0. The van der Waals surface area contributed by atoms with Gasteiger partial charge in [0.15, 0.2) is 0 Å². The van der Waals surface area contributed by atoms with Crippen LogP contribution in [-0.2, 0) is 22.9 Å². The van der Waals surface area contributed by atoms with Crippen LogP contribution in [-0.4, -0.2) is 15.5 Å². The predicted octanol–water partition coefficient (Wildman–Crippen LogP) is 3.62. The lowest BCUT2D eigenvalue weighted by Crippen LogP contribution is -2.14. The molecule has 22 heavy (non-hydrogen) atoms. The van der Waals surface area contributed by atoms with E-state index in [9.17, 15) is 8.42 Å². The summed E-state index contributed by atoms with van der Waals surface area (Å²) in [7, 11) is -2.21. The van der Waals surface area contributed by atoms with Gasteiger partial charge in [-0.1, -0.05) is 32.0 Å². The van der Waals surface area contributed by atoms with Gasteiger partial charge in [0, 0.05) is 5.69 Å². The Hall–Kier alpha value is -2.01. The lowest BCUT2D eigenvalue weighted by molar-refractivity contribution is 0.402. The number of aryl methyl sites for hydroxylation is 2. The van der Waals surface area contributed by atoms with Crippen molar-refractivity contribution < 1.29 is 13.2 Å². The quantitative estimate of drug-likeness (QED) is 0.884. The molecule has 0 saturated heterocycles. The van der Waals surface area contributed by atoms with Crippen LogP contribution in [0.1, 0.15) is 25.0 Å². The van der Waals surface area contributed by atoms with Crippen LogP contribution in [0.5, 0.6) is 5.75 Å². The molecule has 2 aromatic rings. The smallest absolute Gasteiger partial charge is 0.265 e. The molecule has 0 saturated carbocycles. The first-order valence-electron chi connectivity index (χ1n) is 7.28. The Kier molecular flexibility index (Phi) is 5.08. The highest BCUT2D eigenvalue weighted by Gasteiger charge is 2.20. The summed E-state index contributed by atoms with van der Waals surface area (Å²) in [5.41, 5.74) is 2.65. The first-order chi connectivity index (χ1) is 10.5. The van der Waals surface area contributed by atoms with E-state index in [0.717, 1.165) is 24.0 Å². The third-order valence-electron chi connectivity index (χ3n) is 3.54. The molecule has 0 fully saturated rings. The Morgan fingerprint density at radius 3 is 2.09 bits per heavy atom. The van der Waals surface area contributed by atoms with E-state index >= 15 is 0 Å². The molecule has 5 heteroatoms. The molecular formula is C17H21NO3S. The highest BCUT2D eigenvalue weighted by atomic mass is 32.2. The summed E-state index contributed by atoms with van der Waals surface area (Å²) in [6, 6.07) is 12.6. The monoisotopic (exact) mass is 319 g/mol. The SMILES string of the molecule is CCc1ccc(NS(=O)(=O)c2cc(CC)ccc2OC)cc1. The molecule has 0 aliphatic rings. The predicted molar refractivity (Wildman–Crippen MR) is 89.0 cm³/mol. The number of ether oxygens (including phenoxy) is 1. The van der Waals surface area contributed by atoms with Crippen LogP contribution in [0.3, 0.4) is 0 Å². The fraction of sp³-hybridized carbons (Fsp3) is 0.294. The van der Waals surface area contributed by atoms with Gasteiger partial charge in [-0.3, -0.25) is 4.72 Å². The second-order valence-corrected chi connectivity index (χ2v) is 6.65. The first-order valence-corrected chi connectivity index (χ1v) is 8.77. The largest absolute Gasteiger partial charge is 0.495 e. The van der Waals surface area contributed by atoms with Crippen molar-refractivity contribution >= 4 is 15.7 Å². The molecule has 0 amide bonds. The van der Waals surface area contributed by atoms with Crippen LogP contribution in [0.2, 0.25) is 0 Å². The molecule has 0 aliphatic carbocycles. The van der Waals surface area contributed by atoms with Crippen molar-refractivity contribution in [1.82, 2.24) is 0 Å². The van der Waals surface area contributed by atoms with Crippen LogP contribution in [0, 0.1) is 0 Å². The second kappa shape index (κ2) is 6.83. The van der Waals surface area contributed by atoms with Gasteiger partial charge in [0.25, 0.3) is 10.0 Å². The van der Waals surface area contributed by atoms with E-state index in [1.54, 1.807) is 24.3 Å². The Bertz CT molecular complexity index is 737. The van der Waals surface area contributed by atoms with E-state index in [4.69, 9.17) is 4.74 Å². The van der Waals surface area contributed by atoms with Gasteiger partial charge in [0.1, 0.15) is 10.6 Å². The molecule has 1 N–H and O–H groups in total. The van der Waals surface area contributed by atoms with E-state index in [2.05, 4.69) is 11.6 Å². The molecule has 0 unspecified atom stereocenters. The Balaban J connectivity index is 2.36. The van der Waals surface area contributed by atoms with Crippen molar-refractivity contribution in [3.8, 4) is 5.75 Å². The maximum atomic E-state index is 12.6. The summed E-state index contributed by atoms with van der Waals surface area (Å²) in [5, 5.41) is 0. The van der Waals surface area contributed by atoms with Gasteiger partial charge in [-0.25, -0.2) is 8.42 Å². The van der Waals surface area contributed by atoms with E-state index in [0.29, 0.717) is 11.4 Å². The van der Waals surface area contributed by atoms with E-state index in [1.165, 1.54) is 7.11 Å². The molecule has 2 rings (SSSR count). The van der Waals surface area contributed by atoms with Gasteiger partial charge in [-0.05, 0) is 48.2 Å². The maximum absolute atomic E-state index is 12.6. The number of nitrogens with one attached hydrogen (secondary N) is 1. The third kappa shape index (κ3) is 3.60. The van der Waals surface area contributed by atoms with Crippen molar-refractivity contribution in [2.24, 2.45) is 0 Å². The minimum Gasteiger partial charge on any atom is -0.495 e. The summed E-state index contributed by atoms with van der Waals surface area (Å²) in [6.07, 6.45) is 1.68. The molecule has 0 atom stereocenters. The fourth-order valence-corrected chi connectivity index (χ4v) is 3.45. The lowest BCUT2D eigenvalue weighted by Gasteiger charge is -2.13. The Labute approximate surface area is 132 Å². The fourth-order valence-electron chi connectivity index (χ4n) is 2.17. The molecule has 118 valence electrons. The Morgan fingerprint density at radius 2 is 1.55 bits per heavy atom. The molecule has 2 aromatic carbocycles. The van der Waals surface area contributed by atoms with Gasteiger partial charge in [-0.15, -0.1) is 0 Å². The van der Waals surface area contributed by atoms with E-state index in [-0.39, 0.29) is 4.90 Å². The van der Waals surface area contributed by atoms with Crippen molar-refractivity contribution in [2.45, 2.75) is 31.6 Å². The molecule has 0 radical (unpaired) electrons. The van der Waals surface area contributed by atoms with Gasteiger partial charge in [0.2, 0.25) is 0 Å². The van der Waals surface area contributed by atoms with Gasteiger partial charge in [-0.2, -0.15) is 0 Å². The summed E-state index contributed by atoms with van der Waals surface area (Å²) in [6.45, 7) is 4.04. The molecule has 0 aliphatic heterocycles. The highest BCUT2D eigenvalue weighted by molar-refractivity contribution is 7.92. The average molecular weight is 319 g/mol. The third-order valence-corrected chi connectivity index (χ3v) is 4.94. The standard InChI is InChI=1S/C17H21NO3S/c1-4-13-6-9-15(10-7-13)18-22(19,20)17-12-14(5-2)8-11-16(17)21-3/h6-12,18H,4-5H2,1-3H3. The van der Waals surface area contributed by atoms with Gasteiger partial charge >= 0.3 is 0 Å². The number of methoxy groups -OCH3 is 1. The van der Waals surface area contributed by atoms with Crippen molar-refractivity contribution in [1.29, 1.82) is 0 Å². The average Bonchev–Trinajstić information content (AvgIpc) is 2.54. The summed E-state index contributed by atoms with van der Waals surface area (Å²) in [5.74, 6) is 0.342. The summed E-state index contributed by atoms with van der Waals surface area (Å²) < 4.78 is 33.0. The maximum Gasteiger partial charge on any atom is 0.265 e. The van der Waals surface area contributed by atoms with Gasteiger partial charge in [0.05, 0.1) is 7.11 Å². The Morgan fingerprint density at radius 1 is 0.955 bits per heavy atom. The zero-order chi connectivity index (χ0) is 16.2. The zero-order valence-electron chi connectivity index (χ0n) is 13.1. The van der Waals surface area contributed by atoms with Crippen LogP contribution in [0.15, 0.2) is 47.4 Å². The summed E-state index contributed by atoms with van der Waals surface area (Å²) in [4.78, 5) is 0.161. The number of hydrogen-bond donors (Lipinski definition) is 1. The number of benzene rings is 2. The number of rotatable bonds is 6. The van der Waals surface area contributed by atoms with Crippen LogP contribution >= 0.6 is 0 Å². The molecule has 0 aromatic heterocycles. The second-order valence-electron chi connectivity index (χ2n) is 4.99. The van der Waals surface area contributed by atoms with Crippen molar-refractivity contribution in [2.75, 3.05) is 11.8 Å². The molecule has 0 heterocycles. The number of anilines is 1. The lowest BCUT2D eigenvalue weighted by atomic mass is 10.2. The van der Waals surface area contributed by atoms with E-state index in [1.807, 2.05) is 25.1 Å². The molecule has 4 nitrogen and oxygen atoms in total. The normalized spacial score (nSPS) is 11.2. The molecule has 0 spiro atoms. The van der Waals surface area contributed by atoms with Crippen molar-refractivity contribution in [3.05, 3.63) is 53.6 Å². The highest BCUT2D eigenvalue weighted by Crippen LogP contribution is 2.27. The first kappa shape index (κ1) is 16.4. The van der Waals surface area contributed by atoms with Crippen LogP contribution < -0.4 is 9.46 Å². The molecule has 0 bridgehead atoms. The molecular weight excluding hydrogens is 298 g/mol. The zero-order valence-corrected chi connectivity index (χ0v) is 13.9. The van der Waals surface area contributed by atoms with Gasteiger partial charge < -0.3 is 4.74 Å². The number of sulfonamides is 1. The van der Waals surface area contributed by atoms with Crippen LogP contribution in [0.25, 0.3) is 0 Å².